The van der Waals surface area contributed by atoms with Crippen molar-refractivity contribution in [3.63, 3.8) is 0 Å². The highest BCUT2D eigenvalue weighted by atomic mass is 16.5. The summed E-state index contributed by atoms with van der Waals surface area (Å²) in [5.74, 6) is 0. The summed E-state index contributed by atoms with van der Waals surface area (Å²) in [4.78, 5) is 2.43. The molecule has 0 amide bonds. The Morgan fingerprint density at radius 2 is 1.85 bits per heavy atom. The average Bonchev–Trinajstić information content (AvgIpc) is 2.62. The standard InChI is InChI=1S/C22H29N3O/c1-15-10-21(25-13-16(2)26-17(3)14-25)6-7-22(15)24-20-5-4-19-12-23-9-8-18(19)11-20/h4-7,10-11,16-17,23-24H,8-9,12-14H2,1-3H3. The highest BCUT2D eigenvalue weighted by Gasteiger charge is 2.22. The molecule has 1 fully saturated rings. The van der Waals surface area contributed by atoms with Gasteiger partial charge in [-0.2, -0.15) is 0 Å². The molecule has 2 aromatic rings. The topological polar surface area (TPSA) is 36.5 Å². The summed E-state index contributed by atoms with van der Waals surface area (Å²) in [5, 5.41) is 7.04. The molecule has 0 aliphatic carbocycles. The van der Waals surface area contributed by atoms with Gasteiger partial charge in [0.25, 0.3) is 0 Å². The van der Waals surface area contributed by atoms with Crippen LogP contribution >= 0.6 is 0 Å². The Balaban J connectivity index is 1.51. The summed E-state index contributed by atoms with van der Waals surface area (Å²) in [6.45, 7) is 10.4. The number of hydrogen-bond acceptors (Lipinski definition) is 4. The van der Waals surface area contributed by atoms with Gasteiger partial charge in [0.05, 0.1) is 12.2 Å². The van der Waals surface area contributed by atoms with E-state index < -0.39 is 0 Å². The van der Waals surface area contributed by atoms with E-state index in [9.17, 15) is 0 Å². The predicted octanol–water partition coefficient (Wildman–Crippen LogP) is 4.00. The van der Waals surface area contributed by atoms with Gasteiger partial charge in [0, 0.05) is 36.7 Å². The molecule has 26 heavy (non-hydrogen) atoms. The van der Waals surface area contributed by atoms with Gasteiger partial charge < -0.3 is 20.3 Å². The first kappa shape index (κ1) is 17.4. The van der Waals surface area contributed by atoms with Crippen LogP contribution in [0, 0.1) is 6.92 Å². The number of benzene rings is 2. The van der Waals surface area contributed by atoms with Gasteiger partial charge in [-0.25, -0.2) is 0 Å². The highest BCUT2D eigenvalue weighted by Crippen LogP contribution is 2.28. The fourth-order valence-corrected chi connectivity index (χ4v) is 4.08. The van der Waals surface area contributed by atoms with Gasteiger partial charge in [-0.05, 0) is 80.8 Å². The van der Waals surface area contributed by atoms with Crippen LogP contribution in [-0.2, 0) is 17.7 Å². The summed E-state index contributed by atoms with van der Waals surface area (Å²) in [5.41, 5.74) is 7.79. The van der Waals surface area contributed by atoms with Crippen LogP contribution in [0.3, 0.4) is 0 Å². The van der Waals surface area contributed by atoms with E-state index in [0.29, 0.717) is 0 Å². The molecule has 138 valence electrons. The number of anilines is 3. The van der Waals surface area contributed by atoms with E-state index in [0.717, 1.165) is 32.6 Å². The number of ether oxygens (including phenoxy) is 1. The molecule has 4 nitrogen and oxygen atoms in total. The zero-order valence-corrected chi connectivity index (χ0v) is 16.0. The van der Waals surface area contributed by atoms with Crippen molar-refractivity contribution in [2.24, 2.45) is 0 Å². The molecule has 0 aromatic heterocycles. The molecule has 1 saturated heterocycles. The van der Waals surface area contributed by atoms with Crippen molar-refractivity contribution in [3.8, 4) is 0 Å². The van der Waals surface area contributed by atoms with Crippen molar-refractivity contribution < 1.29 is 4.74 Å². The van der Waals surface area contributed by atoms with Crippen LogP contribution in [0.2, 0.25) is 0 Å². The predicted molar refractivity (Wildman–Crippen MR) is 109 cm³/mol. The lowest BCUT2D eigenvalue weighted by molar-refractivity contribution is -0.00521. The van der Waals surface area contributed by atoms with Crippen LogP contribution < -0.4 is 15.5 Å². The highest BCUT2D eigenvalue weighted by molar-refractivity contribution is 5.67. The lowest BCUT2D eigenvalue weighted by atomic mass is 10.0. The van der Waals surface area contributed by atoms with Crippen molar-refractivity contribution in [3.05, 3.63) is 53.1 Å². The van der Waals surface area contributed by atoms with Crippen LogP contribution in [0.15, 0.2) is 36.4 Å². The maximum absolute atomic E-state index is 5.86. The summed E-state index contributed by atoms with van der Waals surface area (Å²) in [7, 11) is 0. The third-order valence-corrected chi connectivity index (χ3v) is 5.37. The van der Waals surface area contributed by atoms with Crippen LogP contribution in [0.25, 0.3) is 0 Å². The summed E-state index contributed by atoms with van der Waals surface area (Å²) < 4.78 is 5.86. The molecular weight excluding hydrogens is 322 g/mol. The number of nitrogens with one attached hydrogen (secondary N) is 2. The minimum Gasteiger partial charge on any atom is -0.372 e. The molecule has 2 aromatic carbocycles. The second-order valence-electron chi connectivity index (χ2n) is 7.70. The van der Waals surface area contributed by atoms with Crippen molar-refractivity contribution in [2.75, 3.05) is 29.9 Å². The van der Waals surface area contributed by atoms with Crippen molar-refractivity contribution >= 4 is 17.1 Å². The molecule has 0 radical (unpaired) electrons. The summed E-state index contributed by atoms with van der Waals surface area (Å²) >= 11 is 0. The van der Waals surface area contributed by atoms with Gasteiger partial charge >= 0.3 is 0 Å². The number of nitrogens with zero attached hydrogens (tertiary/aromatic N) is 1. The third-order valence-electron chi connectivity index (χ3n) is 5.37. The van der Waals surface area contributed by atoms with E-state index in [-0.39, 0.29) is 12.2 Å². The molecule has 0 saturated carbocycles. The van der Waals surface area contributed by atoms with Crippen molar-refractivity contribution in [1.29, 1.82) is 0 Å². The molecular formula is C22H29N3O. The zero-order valence-electron chi connectivity index (χ0n) is 16.0. The molecule has 2 atom stereocenters. The molecule has 2 heterocycles. The number of aryl methyl sites for hydroxylation is 1. The molecule has 2 N–H and O–H groups in total. The maximum Gasteiger partial charge on any atom is 0.0726 e. The van der Waals surface area contributed by atoms with Crippen molar-refractivity contribution in [2.45, 2.75) is 45.9 Å². The third kappa shape index (κ3) is 3.71. The van der Waals surface area contributed by atoms with E-state index in [2.05, 4.69) is 72.7 Å². The number of hydrogen-bond donors (Lipinski definition) is 2. The number of rotatable bonds is 3. The second kappa shape index (κ2) is 7.29. The summed E-state index contributed by atoms with van der Waals surface area (Å²) in [6, 6.07) is 13.4. The smallest absolute Gasteiger partial charge is 0.0726 e. The van der Waals surface area contributed by atoms with Crippen LogP contribution in [0.1, 0.15) is 30.5 Å². The molecule has 4 heteroatoms. The van der Waals surface area contributed by atoms with Gasteiger partial charge in [-0.15, -0.1) is 0 Å². The van der Waals surface area contributed by atoms with E-state index in [4.69, 9.17) is 4.74 Å². The lowest BCUT2D eigenvalue weighted by Gasteiger charge is -2.37. The Labute approximate surface area is 156 Å². The molecule has 2 aliphatic heterocycles. The van der Waals surface area contributed by atoms with Crippen molar-refractivity contribution in [1.82, 2.24) is 5.32 Å². The fourth-order valence-electron chi connectivity index (χ4n) is 4.08. The Hall–Kier alpha value is -2.04. The second-order valence-corrected chi connectivity index (χ2v) is 7.70. The fraction of sp³-hybridized carbons (Fsp3) is 0.455. The van der Waals surface area contributed by atoms with E-state index in [1.165, 1.54) is 33.8 Å². The maximum atomic E-state index is 5.86. The van der Waals surface area contributed by atoms with Gasteiger partial charge in [-0.1, -0.05) is 6.07 Å². The largest absolute Gasteiger partial charge is 0.372 e. The van der Waals surface area contributed by atoms with Crippen LogP contribution in [0.4, 0.5) is 17.1 Å². The van der Waals surface area contributed by atoms with Gasteiger partial charge in [0.1, 0.15) is 0 Å². The van der Waals surface area contributed by atoms with E-state index in [1.54, 1.807) is 0 Å². The Morgan fingerprint density at radius 3 is 2.62 bits per heavy atom. The van der Waals surface area contributed by atoms with Crippen LogP contribution in [-0.4, -0.2) is 31.8 Å². The molecule has 0 spiro atoms. The SMILES string of the molecule is Cc1cc(N2CC(C)OC(C)C2)ccc1Nc1ccc2c(c1)CCNC2. The first-order valence-corrected chi connectivity index (χ1v) is 9.69. The van der Waals surface area contributed by atoms with Gasteiger partial charge in [0.2, 0.25) is 0 Å². The normalized spacial score (nSPS) is 22.8. The van der Waals surface area contributed by atoms with E-state index in [1.807, 2.05) is 0 Å². The first-order valence-electron chi connectivity index (χ1n) is 9.69. The molecule has 2 unspecified atom stereocenters. The Kier molecular flexibility index (Phi) is 4.88. The lowest BCUT2D eigenvalue weighted by Crippen LogP contribution is -2.45. The molecule has 2 aliphatic rings. The van der Waals surface area contributed by atoms with Gasteiger partial charge in [0.15, 0.2) is 0 Å². The molecule has 0 bridgehead atoms. The monoisotopic (exact) mass is 351 g/mol. The minimum absolute atomic E-state index is 0.279. The molecule has 4 rings (SSSR count). The van der Waals surface area contributed by atoms with Crippen LogP contribution in [0.5, 0.6) is 0 Å². The number of morpholine rings is 1. The Bertz CT molecular complexity index is 779. The first-order chi connectivity index (χ1) is 12.6. The van der Waals surface area contributed by atoms with E-state index >= 15 is 0 Å². The summed E-state index contributed by atoms with van der Waals surface area (Å²) in [6.07, 6.45) is 1.67. The zero-order chi connectivity index (χ0) is 18.1. The Morgan fingerprint density at radius 1 is 1.04 bits per heavy atom. The quantitative estimate of drug-likeness (QED) is 0.876. The number of fused-ring (bicyclic) bond motifs is 1. The average molecular weight is 351 g/mol. The minimum atomic E-state index is 0.279. The van der Waals surface area contributed by atoms with Gasteiger partial charge in [-0.3, -0.25) is 0 Å².